The molecule has 0 aliphatic carbocycles. The van der Waals surface area contributed by atoms with Gasteiger partial charge in [-0.05, 0) is 42.8 Å². The number of nitrogens with one attached hydrogen (secondary N) is 1. The number of fused-ring (bicyclic) bond motifs is 1. The molecule has 0 fully saturated rings. The molecule has 1 aliphatic rings. The Morgan fingerprint density at radius 3 is 2.83 bits per heavy atom. The molecule has 1 atom stereocenters. The summed E-state index contributed by atoms with van der Waals surface area (Å²) in [7, 11) is 0. The van der Waals surface area contributed by atoms with Crippen LogP contribution in [0.3, 0.4) is 0 Å². The van der Waals surface area contributed by atoms with Crippen LogP contribution < -0.4 is 14.8 Å². The number of carbonyl (C=O) groups excluding carboxylic acids is 1. The molecule has 0 saturated heterocycles. The summed E-state index contributed by atoms with van der Waals surface area (Å²) in [5.74, 6) is 1.35. The first-order valence-corrected chi connectivity index (χ1v) is 8.94. The van der Waals surface area contributed by atoms with Crippen molar-refractivity contribution in [1.82, 2.24) is 5.32 Å². The van der Waals surface area contributed by atoms with Crippen molar-refractivity contribution < 1.29 is 14.3 Å². The van der Waals surface area contributed by atoms with E-state index in [2.05, 4.69) is 5.32 Å². The van der Waals surface area contributed by atoms with Gasteiger partial charge in [0.2, 0.25) is 12.7 Å². The van der Waals surface area contributed by atoms with Gasteiger partial charge in [0, 0.05) is 16.5 Å². The standard InChI is InChI=1S/C17H15Cl2NO3S/c1-10(24-16-7-12(18)3-4-13(16)19)17(21)20-8-11-2-5-14-15(6-11)23-9-22-14/h2-7,10H,8-9H2,1H3,(H,20,21). The van der Waals surface area contributed by atoms with Gasteiger partial charge in [-0.15, -0.1) is 11.8 Å². The summed E-state index contributed by atoms with van der Waals surface area (Å²) in [4.78, 5) is 13.1. The third-order valence-corrected chi connectivity index (χ3v) is 5.31. The SMILES string of the molecule is CC(Sc1cc(Cl)ccc1Cl)C(=O)NCc1ccc2c(c1)OCO2. The van der Waals surface area contributed by atoms with E-state index in [1.54, 1.807) is 18.2 Å². The molecule has 3 rings (SSSR count). The van der Waals surface area contributed by atoms with Crippen LogP contribution in [0.5, 0.6) is 11.5 Å². The Hall–Kier alpha value is -1.56. The number of benzene rings is 2. The van der Waals surface area contributed by atoms with Crippen LogP contribution in [-0.4, -0.2) is 18.0 Å². The summed E-state index contributed by atoms with van der Waals surface area (Å²) >= 11 is 13.5. The molecule has 126 valence electrons. The van der Waals surface area contributed by atoms with Gasteiger partial charge in [0.05, 0.1) is 10.3 Å². The number of amides is 1. The van der Waals surface area contributed by atoms with E-state index in [1.807, 2.05) is 25.1 Å². The summed E-state index contributed by atoms with van der Waals surface area (Å²) < 4.78 is 10.6. The third-order valence-electron chi connectivity index (χ3n) is 3.47. The van der Waals surface area contributed by atoms with Crippen molar-refractivity contribution in [3.05, 3.63) is 52.0 Å². The van der Waals surface area contributed by atoms with Crippen molar-refractivity contribution in [3.8, 4) is 11.5 Å². The minimum absolute atomic E-state index is 0.0753. The summed E-state index contributed by atoms with van der Waals surface area (Å²) in [6, 6.07) is 10.8. The number of hydrogen-bond donors (Lipinski definition) is 1. The molecular weight excluding hydrogens is 369 g/mol. The summed E-state index contributed by atoms with van der Waals surface area (Å²) in [6.07, 6.45) is 0. The third kappa shape index (κ3) is 4.09. The first-order valence-electron chi connectivity index (χ1n) is 7.31. The molecule has 1 aliphatic heterocycles. The van der Waals surface area contributed by atoms with Crippen LogP contribution in [0.15, 0.2) is 41.3 Å². The molecule has 1 N–H and O–H groups in total. The van der Waals surface area contributed by atoms with Crippen molar-refractivity contribution in [2.24, 2.45) is 0 Å². The zero-order valence-electron chi connectivity index (χ0n) is 12.8. The minimum Gasteiger partial charge on any atom is -0.454 e. The second-order valence-electron chi connectivity index (χ2n) is 5.24. The van der Waals surface area contributed by atoms with Gasteiger partial charge < -0.3 is 14.8 Å². The van der Waals surface area contributed by atoms with Gasteiger partial charge in [-0.3, -0.25) is 4.79 Å². The number of thioether (sulfide) groups is 1. The highest BCUT2D eigenvalue weighted by Crippen LogP contribution is 2.33. The maximum atomic E-state index is 12.3. The topological polar surface area (TPSA) is 47.6 Å². The zero-order chi connectivity index (χ0) is 17.1. The molecule has 1 unspecified atom stereocenters. The Morgan fingerprint density at radius 2 is 2.00 bits per heavy atom. The van der Waals surface area contributed by atoms with Crippen LogP contribution in [-0.2, 0) is 11.3 Å². The fraction of sp³-hybridized carbons (Fsp3) is 0.235. The average molecular weight is 384 g/mol. The molecule has 0 spiro atoms. The molecule has 0 bridgehead atoms. The number of ether oxygens (including phenoxy) is 2. The first-order chi connectivity index (χ1) is 11.5. The molecule has 1 amide bonds. The summed E-state index contributed by atoms with van der Waals surface area (Å²) in [6.45, 7) is 2.49. The van der Waals surface area contributed by atoms with Gasteiger partial charge in [-0.1, -0.05) is 29.3 Å². The fourth-order valence-electron chi connectivity index (χ4n) is 2.20. The second-order valence-corrected chi connectivity index (χ2v) is 7.47. The predicted octanol–water partition coefficient (Wildman–Crippen LogP) is 4.52. The van der Waals surface area contributed by atoms with Crippen LogP contribution in [0.1, 0.15) is 12.5 Å². The van der Waals surface area contributed by atoms with Gasteiger partial charge >= 0.3 is 0 Å². The molecule has 2 aromatic carbocycles. The zero-order valence-corrected chi connectivity index (χ0v) is 15.2. The van der Waals surface area contributed by atoms with E-state index in [1.165, 1.54) is 11.8 Å². The lowest BCUT2D eigenvalue weighted by Crippen LogP contribution is -2.30. The van der Waals surface area contributed by atoms with Gasteiger partial charge in [0.25, 0.3) is 0 Å². The molecule has 24 heavy (non-hydrogen) atoms. The number of rotatable bonds is 5. The van der Waals surface area contributed by atoms with Crippen molar-refractivity contribution in [3.63, 3.8) is 0 Å². The molecule has 0 aromatic heterocycles. The molecule has 7 heteroatoms. The second kappa shape index (κ2) is 7.55. The maximum Gasteiger partial charge on any atom is 0.233 e. The minimum atomic E-state index is -0.296. The smallest absolute Gasteiger partial charge is 0.233 e. The number of halogens is 2. The first kappa shape index (κ1) is 17.3. The van der Waals surface area contributed by atoms with Crippen molar-refractivity contribution >= 4 is 40.9 Å². The van der Waals surface area contributed by atoms with Crippen LogP contribution in [0.2, 0.25) is 10.0 Å². The van der Waals surface area contributed by atoms with E-state index in [4.69, 9.17) is 32.7 Å². The average Bonchev–Trinajstić information content (AvgIpc) is 3.03. The Balaban J connectivity index is 1.57. The quantitative estimate of drug-likeness (QED) is 0.771. The van der Waals surface area contributed by atoms with Gasteiger partial charge in [-0.25, -0.2) is 0 Å². The van der Waals surface area contributed by atoms with Crippen molar-refractivity contribution in [2.75, 3.05) is 6.79 Å². The molecule has 4 nitrogen and oxygen atoms in total. The summed E-state index contributed by atoms with van der Waals surface area (Å²) in [5, 5.41) is 3.79. The molecule has 0 saturated carbocycles. The van der Waals surface area contributed by atoms with Gasteiger partial charge in [0.15, 0.2) is 11.5 Å². The predicted molar refractivity (Wildman–Crippen MR) is 96.2 cm³/mol. The van der Waals surface area contributed by atoms with E-state index in [0.717, 1.165) is 16.2 Å². The Bertz CT molecular complexity index is 769. The van der Waals surface area contributed by atoms with Gasteiger partial charge in [0.1, 0.15) is 0 Å². The maximum absolute atomic E-state index is 12.3. The number of hydrogen-bond acceptors (Lipinski definition) is 4. The Kier molecular flexibility index (Phi) is 5.43. The van der Waals surface area contributed by atoms with Crippen molar-refractivity contribution in [2.45, 2.75) is 23.6 Å². The van der Waals surface area contributed by atoms with E-state index in [0.29, 0.717) is 22.3 Å². The van der Waals surface area contributed by atoms with Crippen LogP contribution >= 0.6 is 35.0 Å². The van der Waals surface area contributed by atoms with E-state index >= 15 is 0 Å². The molecule has 2 aromatic rings. The number of carbonyl (C=O) groups is 1. The van der Waals surface area contributed by atoms with E-state index < -0.39 is 0 Å². The lowest BCUT2D eigenvalue weighted by Gasteiger charge is -2.13. The van der Waals surface area contributed by atoms with E-state index in [-0.39, 0.29) is 18.0 Å². The highest BCUT2D eigenvalue weighted by Gasteiger charge is 2.17. The van der Waals surface area contributed by atoms with Gasteiger partial charge in [-0.2, -0.15) is 0 Å². The summed E-state index contributed by atoms with van der Waals surface area (Å²) in [5.41, 5.74) is 0.950. The molecular formula is C17H15Cl2NO3S. The monoisotopic (exact) mass is 383 g/mol. The lowest BCUT2D eigenvalue weighted by atomic mass is 10.2. The molecule has 1 heterocycles. The Labute approximate surface area is 154 Å². The lowest BCUT2D eigenvalue weighted by molar-refractivity contribution is -0.120. The Morgan fingerprint density at radius 1 is 1.21 bits per heavy atom. The highest BCUT2D eigenvalue weighted by molar-refractivity contribution is 8.00. The van der Waals surface area contributed by atoms with Crippen molar-refractivity contribution in [1.29, 1.82) is 0 Å². The highest BCUT2D eigenvalue weighted by atomic mass is 35.5. The van der Waals surface area contributed by atoms with E-state index in [9.17, 15) is 4.79 Å². The normalized spacial score (nSPS) is 13.6. The van der Waals surface area contributed by atoms with Crippen LogP contribution in [0.25, 0.3) is 0 Å². The largest absolute Gasteiger partial charge is 0.454 e. The van der Waals surface area contributed by atoms with Crippen LogP contribution in [0, 0.1) is 0 Å². The molecule has 0 radical (unpaired) electrons. The fourth-order valence-corrected chi connectivity index (χ4v) is 3.63. The van der Waals surface area contributed by atoms with Crippen LogP contribution in [0.4, 0.5) is 0 Å².